The van der Waals surface area contributed by atoms with Crippen LogP contribution in [0.3, 0.4) is 0 Å². The van der Waals surface area contributed by atoms with E-state index in [1.165, 1.54) is 19.5 Å². The maximum atomic E-state index is 12.7. The third kappa shape index (κ3) is 4.73. The summed E-state index contributed by atoms with van der Waals surface area (Å²) in [6.45, 7) is 0. The fraction of sp³-hybridized carbons (Fsp3) is 0.316. The van der Waals surface area contributed by atoms with Crippen LogP contribution in [0.15, 0.2) is 30.5 Å². The highest BCUT2D eigenvalue weighted by molar-refractivity contribution is 7.99. The van der Waals surface area contributed by atoms with Gasteiger partial charge >= 0.3 is 0 Å². The second-order valence-electron chi connectivity index (χ2n) is 6.10. The fourth-order valence-electron chi connectivity index (χ4n) is 2.91. The first-order valence-corrected chi connectivity index (χ1v) is 10.1. The summed E-state index contributed by atoms with van der Waals surface area (Å²) in [5, 5.41) is 14.6. The lowest BCUT2D eigenvalue weighted by molar-refractivity contribution is 0.102. The standard InChI is InChI=1S/C19H21ClN4O2S/c1-26-17-15(10-21)18(23-14-6-8-27-9-7-14)22-11-16(17)19(25)24-13-4-2-12(20)3-5-13/h2-5,10-11,14,21H,6-9H2,1H3,(H,22,23)(H,24,25). The number of amides is 1. The number of anilines is 2. The Bertz CT molecular complexity index is 823. The summed E-state index contributed by atoms with van der Waals surface area (Å²) in [4.78, 5) is 17.1. The normalized spacial score (nSPS) is 14.4. The van der Waals surface area contributed by atoms with Crippen LogP contribution in [0, 0.1) is 5.41 Å². The highest BCUT2D eigenvalue weighted by Gasteiger charge is 2.22. The maximum absolute atomic E-state index is 12.7. The van der Waals surface area contributed by atoms with Gasteiger partial charge in [0, 0.05) is 29.2 Å². The van der Waals surface area contributed by atoms with Crippen molar-refractivity contribution < 1.29 is 9.53 Å². The number of benzene rings is 1. The van der Waals surface area contributed by atoms with Crippen LogP contribution in [0.2, 0.25) is 5.02 Å². The molecule has 1 aliphatic rings. The zero-order valence-electron chi connectivity index (χ0n) is 14.9. The SMILES string of the molecule is COc1c(C(=O)Nc2ccc(Cl)cc2)cnc(NC2CCSCC2)c1C=N. The molecule has 1 aromatic heterocycles. The Morgan fingerprint density at radius 1 is 1.33 bits per heavy atom. The highest BCUT2D eigenvalue weighted by Crippen LogP contribution is 2.30. The molecule has 1 aliphatic heterocycles. The number of nitrogens with one attached hydrogen (secondary N) is 3. The van der Waals surface area contributed by atoms with Gasteiger partial charge in [0.25, 0.3) is 5.91 Å². The predicted molar refractivity (Wildman–Crippen MR) is 112 cm³/mol. The summed E-state index contributed by atoms with van der Waals surface area (Å²) < 4.78 is 5.46. The number of thioether (sulfide) groups is 1. The van der Waals surface area contributed by atoms with E-state index in [4.69, 9.17) is 21.7 Å². The molecule has 6 nitrogen and oxygen atoms in total. The Morgan fingerprint density at radius 3 is 2.67 bits per heavy atom. The minimum atomic E-state index is -0.356. The Labute approximate surface area is 167 Å². The second-order valence-corrected chi connectivity index (χ2v) is 7.76. The van der Waals surface area contributed by atoms with Gasteiger partial charge < -0.3 is 20.8 Å². The average Bonchev–Trinajstić information content (AvgIpc) is 2.70. The Hall–Kier alpha value is -2.25. The molecular weight excluding hydrogens is 384 g/mol. The van der Waals surface area contributed by atoms with Gasteiger partial charge in [-0.15, -0.1) is 0 Å². The summed E-state index contributed by atoms with van der Waals surface area (Å²) in [5.41, 5.74) is 1.36. The molecule has 2 heterocycles. The van der Waals surface area contributed by atoms with Gasteiger partial charge in [0.05, 0.1) is 12.7 Å². The minimum absolute atomic E-state index is 0.274. The summed E-state index contributed by atoms with van der Waals surface area (Å²) in [6.07, 6.45) is 4.75. The molecule has 1 amide bonds. The number of ether oxygens (including phenoxy) is 1. The number of rotatable bonds is 6. The monoisotopic (exact) mass is 404 g/mol. The van der Waals surface area contributed by atoms with Gasteiger partial charge in [-0.2, -0.15) is 11.8 Å². The second kappa shape index (κ2) is 9.10. The van der Waals surface area contributed by atoms with E-state index in [-0.39, 0.29) is 11.5 Å². The zero-order chi connectivity index (χ0) is 19.2. The van der Waals surface area contributed by atoms with E-state index in [1.807, 2.05) is 11.8 Å². The quantitative estimate of drug-likeness (QED) is 0.625. The molecule has 1 aromatic carbocycles. The molecule has 8 heteroatoms. The van der Waals surface area contributed by atoms with Crippen LogP contribution in [0.1, 0.15) is 28.8 Å². The Kier molecular flexibility index (Phi) is 6.58. The number of carbonyl (C=O) groups excluding carboxylic acids is 1. The zero-order valence-corrected chi connectivity index (χ0v) is 16.5. The predicted octanol–water partition coefficient (Wildman–Crippen LogP) is 4.30. The number of methoxy groups -OCH3 is 1. The lowest BCUT2D eigenvalue weighted by Crippen LogP contribution is -2.26. The molecule has 0 atom stereocenters. The number of hydrogen-bond donors (Lipinski definition) is 3. The van der Waals surface area contributed by atoms with Crippen LogP contribution in [0.4, 0.5) is 11.5 Å². The highest BCUT2D eigenvalue weighted by atomic mass is 35.5. The lowest BCUT2D eigenvalue weighted by atomic mass is 10.1. The van der Waals surface area contributed by atoms with Crippen LogP contribution >= 0.6 is 23.4 Å². The number of nitrogens with zero attached hydrogens (tertiary/aromatic N) is 1. The van der Waals surface area contributed by atoms with Gasteiger partial charge in [-0.1, -0.05) is 11.6 Å². The van der Waals surface area contributed by atoms with Crippen LogP contribution in [0.25, 0.3) is 0 Å². The van der Waals surface area contributed by atoms with Gasteiger partial charge in [0.15, 0.2) is 0 Å². The topological polar surface area (TPSA) is 87.1 Å². The third-order valence-electron chi connectivity index (χ3n) is 4.32. The molecule has 2 aromatic rings. The minimum Gasteiger partial charge on any atom is -0.495 e. The molecule has 0 unspecified atom stereocenters. The number of halogens is 1. The van der Waals surface area contributed by atoms with Gasteiger partial charge in [-0.05, 0) is 48.6 Å². The molecule has 1 saturated heterocycles. The third-order valence-corrected chi connectivity index (χ3v) is 5.63. The first kappa shape index (κ1) is 19.5. The summed E-state index contributed by atoms with van der Waals surface area (Å²) in [6, 6.07) is 7.15. The molecule has 0 spiro atoms. The fourth-order valence-corrected chi connectivity index (χ4v) is 4.14. The van der Waals surface area contributed by atoms with Gasteiger partial charge in [0.1, 0.15) is 17.1 Å². The van der Waals surface area contributed by atoms with Crippen molar-refractivity contribution in [2.75, 3.05) is 29.2 Å². The van der Waals surface area contributed by atoms with Crippen molar-refractivity contribution in [1.82, 2.24) is 4.98 Å². The average molecular weight is 405 g/mol. The van der Waals surface area contributed by atoms with Crippen LogP contribution in [0.5, 0.6) is 5.75 Å². The van der Waals surface area contributed by atoms with Crippen molar-refractivity contribution in [1.29, 1.82) is 5.41 Å². The Balaban J connectivity index is 1.85. The van der Waals surface area contributed by atoms with Gasteiger partial charge in [-0.3, -0.25) is 4.79 Å². The van der Waals surface area contributed by atoms with Crippen LogP contribution < -0.4 is 15.4 Å². The van der Waals surface area contributed by atoms with Crippen LogP contribution in [-0.2, 0) is 0 Å². The molecule has 0 aliphatic carbocycles. The van der Waals surface area contributed by atoms with Crippen molar-refractivity contribution in [3.63, 3.8) is 0 Å². The number of carbonyl (C=O) groups is 1. The van der Waals surface area contributed by atoms with Crippen LogP contribution in [-0.4, -0.2) is 41.8 Å². The van der Waals surface area contributed by atoms with E-state index >= 15 is 0 Å². The van der Waals surface area contributed by atoms with Crippen molar-refractivity contribution >= 4 is 47.0 Å². The molecule has 0 radical (unpaired) electrons. The van der Waals surface area contributed by atoms with Crippen molar-refractivity contribution in [2.45, 2.75) is 18.9 Å². The molecule has 3 N–H and O–H groups in total. The smallest absolute Gasteiger partial charge is 0.261 e. The molecule has 142 valence electrons. The van der Waals surface area contributed by atoms with E-state index in [2.05, 4.69) is 15.6 Å². The van der Waals surface area contributed by atoms with Crippen molar-refractivity contribution in [3.8, 4) is 5.75 Å². The number of hydrogen-bond acceptors (Lipinski definition) is 6. The van der Waals surface area contributed by atoms with Gasteiger partial charge in [0.2, 0.25) is 0 Å². The molecule has 27 heavy (non-hydrogen) atoms. The summed E-state index contributed by atoms with van der Waals surface area (Å²) in [7, 11) is 1.49. The Morgan fingerprint density at radius 2 is 2.04 bits per heavy atom. The molecule has 1 fully saturated rings. The number of aromatic nitrogens is 1. The van der Waals surface area contributed by atoms with E-state index in [9.17, 15) is 4.79 Å². The van der Waals surface area contributed by atoms with Crippen molar-refractivity contribution in [3.05, 3.63) is 46.6 Å². The largest absolute Gasteiger partial charge is 0.495 e. The van der Waals surface area contributed by atoms with E-state index in [0.29, 0.717) is 33.9 Å². The number of pyridine rings is 1. The van der Waals surface area contributed by atoms with E-state index < -0.39 is 0 Å². The van der Waals surface area contributed by atoms with Gasteiger partial charge in [-0.25, -0.2) is 4.98 Å². The maximum Gasteiger partial charge on any atom is 0.261 e. The molecule has 0 saturated carbocycles. The summed E-state index contributed by atoms with van der Waals surface area (Å²) >= 11 is 7.82. The molecular formula is C19H21ClN4O2S. The lowest BCUT2D eigenvalue weighted by Gasteiger charge is -2.24. The van der Waals surface area contributed by atoms with E-state index in [0.717, 1.165) is 24.3 Å². The first-order valence-electron chi connectivity index (χ1n) is 8.61. The van der Waals surface area contributed by atoms with E-state index in [1.54, 1.807) is 24.3 Å². The molecule has 0 bridgehead atoms. The first-order chi connectivity index (χ1) is 13.1. The van der Waals surface area contributed by atoms with Crippen molar-refractivity contribution in [2.24, 2.45) is 0 Å². The molecule has 3 rings (SSSR count). The summed E-state index contributed by atoms with van der Waals surface area (Å²) in [5.74, 6) is 2.76.